The zero-order valence-corrected chi connectivity index (χ0v) is 17.7. The fraction of sp³-hybridized carbons (Fsp3) is 0.375. The van der Waals surface area contributed by atoms with E-state index >= 15 is 0 Å². The fourth-order valence-electron chi connectivity index (χ4n) is 4.05. The number of anilines is 1. The first kappa shape index (κ1) is 20.5. The Kier molecular flexibility index (Phi) is 5.42. The molecule has 5 heteroatoms. The lowest BCUT2D eigenvalue weighted by Crippen LogP contribution is -2.25. The molecule has 1 aliphatic heterocycles. The number of benzene rings is 1. The van der Waals surface area contributed by atoms with Gasteiger partial charge in [0.2, 0.25) is 5.88 Å². The van der Waals surface area contributed by atoms with E-state index in [-0.39, 0.29) is 16.9 Å². The summed E-state index contributed by atoms with van der Waals surface area (Å²) >= 11 is 0. The van der Waals surface area contributed by atoms with Crippen LogP contribution in [-0.2, 0) is 12.0 Å². The summed E-state index contributed by atoms with van der Waals surface area (Å²) in [4.78, 5) is 14.7. The van der Waals surface area contributed by atoms with Crippen LogP contribution < -0.4 is 10.5 Å². The van der Waals surface area contributed by atoms with Crippen molar-refractivity contribution in [2.75, 3.05) is 11.9 Å². The van der Waals surface area contributed by atoms with Crippen molar-refractivity contribution in [2.45, 2.75) is 52.5 Å². The van der Waals surface area contributed by atoms with Gasteiger partial charge in [-0.05, 0) is 50.5 Å². The van der Waals surface area contributed by atoms with Crippen LogP contribution in [0.4, 0.5) is 5.69 Å². The highest BCUT2D eigenvalue weighted by atomic mass is 16.3. The van der Waals surface area contributed by atoms with Crippen LogP contribution in [0.5, 0.6) is 5.88 Å². The van der Waals surface area contributed by atoms with E-state index in [1.54, 1.807) is 13.0 Å². The molecule has 1 aromatic carbocycles. The smallest absolute Gasteiger partial charge is 0.271 e. The minimum Gasteiger partial charge on any atom is -0.494 e. The molecule has 29 heavy (non-hydrogen) atoms. The van der Waals surface area contributed by atoms with Gasteiger partial charge in [0, 0.05) is 30.3 Å². The van der Waals surface area contributed by atoms with Crippen LogP contribution in [0.1, 0.15) is 55.9 Å². The van der Waals surface area contributed by atoms with Crippen molar-refractivity contribution in [3.63, 3.8) is 0 Å². The first-order chi connectivity index (χ1) is 13.8. The van der Waals surface area contributed by atoms with Crippen molar-refractivity contribution >= 4 is 11.8 Å². The average molecular weight is 389 g/mol. The van der Waals surface area contributed by atoms with Gasteiger partial charge in [0.25, 0.3) is 5.56 Å². The number of aromatic nitrogens is 1. The Hall–Kier alpha value is -3.22. The van der Waals surface area contributed by atoms with Crippen molar-refractivity contribution < 1.29 is 5.11 Å². The molecule has 0 amide bonds. The Bertz CT molecular complexity index is 1130. The molecule has 2 heterocycles. The number of para-hydroxylation sites is 1. The van der Waals surface area contributed by atoms with Crippen molar-refractivity contribution in [1.29, 1.82) is 5.26 Å². The summed E-state index contributed by atoms with van der Waals surface area (Å²) in [6.07, 6.45) is 3.33. The Morgan fingerprint density at radius 3 is 2.59 bits per heavy atom. The topological polar surface area (TPSA) is 69.3 Å². The van der Waals surface area contributed by atoms with E-state index in [0.29, 0.717) is 17.7 Å². The molecule has 0 fully saturated rings. The highest BCUT2D eigenvalue weighted by Gasteiger charge is 2.38. The molecular formula is C24H27N3O2. The van der Waals surface area contributed by atoms with Gasteiger partial charge in [0.05, 0.1) is 5.70 Å². The number of likely N-dealkylation sites (N-methyl/N-ethyl adjacent to an activating group) is 1. The van der Waals surface area contributed by atoms with Gasteiger partial charge in [-0.2, -0.15) is 5.26 Å². The molecule has 0 unspecified atom stereocenters. The quantitative estimate of drug-likeness (QED) is 0.784. The summed E-state index contributed by atoms with van der Waals surface area (Å²) in [5, 5.41) is 20.3. The molecule has 2 aromatic rings. The number of fused-ring (bicyclic) bond motifs is 1. The molecule has 0 saturated heterocycles. The maximum absolute atomic E-state index is 12.6. The summed E-state index contributed by atoms with van der Waals surface area (Å²) in [6.45, 7) is 8.37. The molecule has 0 saturated carbocycles. The lowest BCUT2D eigenvalue weighted by Gasteiger charge is -2.22. The highest BCUT2D eigenvalue weighted by molar-refractivity contribution is 5.71. The summed E-state index contributed by atoms with van der Waals surface area (Å²) in [6, 6.07) is 10.2. The van der Waals surface area contributed by atoms with Gasteiger partial charge >= 0.3 is 0 Å². The number of unbranched alkanes of at least 4 members (excludes halogenated alkanes) is 1. The molecule has 3 rings (SSSR count). The van der Waals surface area contributed by atoms with E-state index in [0.717, 1.165) is 24.2 Å². The van der Waals surface area contributed by atoms with Gasteiger partial charge < -0.3 is 10.0 Å². The number of rotatable bonds is 4. The third kappa shape index (κ3) is 3.26. The lowest BCUT2D eigenvalue weighted by atomic mass is 9.84. The monoisotopic (exact) mass is 389 g/mol. The Morgan fingerprint density at radius 1 is 1.28 bits per heavy atom. The number of hydrogen-bond acceptors (Lipinski definition) is 4. The van der Waals surface area contributed by atoms with Gasteiger partial charge in [-0.3, -0.25) is 9.36 Å². The molecule has 0 bridgehead atoms. The molecule has 1 aliphatic rings. The number of pyridine rings is 1. The average Bonchev–Trinajstić information content (AvgIpc) is 2.89. The minimum atomic E-state index is -0.438. The van der Waals surface area contributed by atoms with Crippen LogP contribution in [-0.4, -0.2) is 16.7 Å². The van der Waals surface area contributed by atoms with Crippen LogP contribution >= 0.6 is 0 Å². The number of nitriles is 1. The maximum atomic E-state index is 12.6. The molecule has 1 N–H and O–H groups in total. The second kappa shape index (κ2) is 7.66. The molecule has 150 valence electrons. The molecule has 1 aromatic heterocycles. The van der Waals surface area contributed by atoms with E-state index in [2.05, 4.69) is 36.6 Å². The van der Waals surface area contributed by atoms with Gasteiger partial charge in [-0.1, -0.05) is 37.3 Å². The van der Waals surface area contributed by atoms with Crippen LogP contribution in [0, 0.1) is 18.3 Å². The van der Waals surface area contributed by atoms with Crippen molar-refractivity contribution in [2.24, 2.45) is 0 Å². The predicted octanol–water partition coefficient (Wildman–Crippen LogP) is 4.46. The predicted molar refractivity (Wildman–Crippen MR) is 116 cm³/mol. The van der Waals surface area contributed by atoms with Crippen LogP contribution in [0.3, 0.4) is 0 Å². The molecule has 0 spiro atoms. The van der Waals surface area contributed by atoms with Crippen molar-refractivity contribution in [3.05, 3.63) is 68.3 Å². The first-order valence-corrected chi connectivity index (χ1v) is 9.92. The first-order valence-electron chi connectivity index (χ1n) is 9.92. The van der Waals surface area contributed by atoms with E-state index in [1.807, 2.05) is 32.2 Å². The summed E-state index contributed by atoms with van der Waals surface area (Å²) in [5.74, 6) is -0.107. The third-order valence-corrected chi connectivity index (χ3v) is 5.80. The number of allylic oxidation sites excluding steroid dienone is 1. The highest BCUT2D eigenvalue weighted by Crippen LogP contribution is 2.46. The van der Waals surface area contributed by atoms with Gasteiger partial charge in [0.15, 0.2) is 0 Å². The molecule has 0 radical (unpaired) electrons. The van der Waals surface area contributed by atoms with Crippen molar-refractivity contribution in [3.8, 4) is 11.9 Å². The SMILES string of the molecule is CCCCn1c(O)c(C=C=C2N(C)c3ccccc3C2(C)C)c(C)c(C#N)c1=O. The molecular weight excluding hydrogens is 362 g/mol. The molecule has 0 atom stereocenters. The van der Waals surface area contributed by atoms with E-state index < -0.39 is 5.56 Å². The number of hydrogen-bond donors (Lipinski definition) is 1. The van der Waals surface area contributed by atoms with E-state index in [1.165, 1.54) is 10.1 Å². The number of aromatic hydroxyl groups is 1. The zero-order valence-electron chi connectivity index (χ0n) is 17.7. The molecule has 0 aliphatic carbocycles. The Balaban J connectivity index is 2.22. The summed E-state index contributed by atoms with van der Waals surface area (Å²) < 4.78 is 1.30. The lowest BCUT2D eigenvalue weighted by molar-refractivity contribution is 0.399. The largest absolute Gasteiger partial charge is 0.494 e. The molecule has 5 nitrogen and oxygen atoms in total. The summed E-state index contributed by atoms with van der Waals surface area (Å²) in [5.41, 5.74) is 6.97. The third-order valence-electron chi connectivity index (χ3n) is 5.80. The van der Waals surface area contributed by atoms with Crippen molar-refractivity contribution in [1.82, 2.24) is 4.57 Å². The standard InChI is InChI=1S/C24H27N3O2/c1-6-7-14-27-22(28)17(16(2)18(15-25)23(27)29)12-13-21-24(3,4)19-10-8-9-11-20(19)26(21)5/h8-12,28H,6-7,14H2,1-5H3. The van der Waals surface area contributed by atoms with Gasteiger partial charge in [0.1, 0.15) is 11.6 Å². The second-order valence-electron chi connectivity index (χ2n) is 8.00. The normalized spacial score (nSPS) is 14.3. The Morgan fingerprint density at radius 2 is 1.97 bits per heavy atom. The van der Waals surface area contributed by atoms with Gasteiger partial charge in [-0.15, -0.1) is 0 Å². The Labute approximate surface area is 171 Å². The maximum Gasteiger partial charge on any atom is 0.271 e. The van der Waals surface area contributed by atoms with Gasteiger partial charge in [-0.25, -0.2) is 0 Å². The minimum absolute atomic E-state index is 0.0688. The van der Waals surface area contributed by atoms with E-state index in [4.69, 9.17) is 0 Å². The van der Waals surface area contributed by atoms with Crippen LogP contribution in [0.25, 0.3) is 6.08 Å². The fourth-order valence-corrected chi connectivity index (χ4v) is 4.05. The van der Waals surface area contributed by atoms with Crippen LogP contribution in [0.15, 0.2) is 40.5 Å². The van der Waals surface area contributed by atoms with Crippen LogP contribution in [0.2, 0.25) is 0 Å². The number of nitrogens with zero attached hydrogens (tertiary/aromatic N) is 3. The second-order valence-corrected chi connectivity index (χ2v) is 8.00. The zero-order chi connectivity index (χ0) is 21.3. The summed E-state index contributed by atoms with van der Waals surface area (Å²) in [7, 11) is 2.00. The van der Waals surface area contributed by atoms with E-state index in [9.17, 15) is 15.2 Å².